The molecule has 1 amide bonds. The van der Waals surface area contributed by atoms with E-state index in [1.807, 2.05) is 0 Å². The monoisotopic (exact) mass is 238 g/mol. The van der Waals surface area contributed by atoms with Crippen molar-refractivity contribution in [1.82, 2.24) is 5.32 Å². The SMILES string of the molecule is CC1CC(CN)(C(=O)NCCC2CCCC2)C1. The van der Waals surface area contributed by atoms with Crippen molar-refractivity contribution in [2.24, 2.45) is 23.0 Å². The van der Waals surface area contributed by atoms with E-state index in [1.54, 1.807) is 0 Å². The average molecular weight is 238 g/mol. The Kier molecular flexibility index (Phi) is 4.08. The Labute approximate surface area is 105 Å². The van der Waals surface area contributed by atoms with E-state index in [-0.39, 0.29) is 11.3 Å². The molecule has 2 rings (SSSR count). The van der Waals surface area contributed by atoms with Gasteiger partial charge in [0.25, 0.3) is 0 Å². The molecule has 0 saturated heterocycles. The quantitative estimate of drug-likeness (QED) is 0.770. The molecule has 17 heavy (non-hydrogen) atoms. The van der Waals surface area contributed by atoms with Crippen LogP contribution in [0.15, 0.2) is 0 Å². The van der Waals surface area contributed by atoms with Crippen molar-refractivity contribution in [3.8, 4) is 0 Å². The summed E-state index contributed by atoms with van der Waals surface area (Å²) >= 11 is 0. The lowest BCUT2D eigenvalue weighted by atomic mass is 9.62. The maximum absolute atomic E-state index is 12.1. The fourth-order valence-electron chi connectivity index (χ4n) is 3.60. The summed E-state index contributed by atoms with van der Waals surface area (Å²) in [6.45, 7) is 3.55. The summed E-state index contributed by atoms with van der Waals surface area (Å²) in [6.07, 6.45) is 8.56. The van der Waals surface area contributed by atoms with Gasteiger partial charge in [-0.05, 0) is 31.1 Å². The first-order valence-electron chi connectivity index (χ1n) is 7.15. The molecule has 0 spiro atoms. The molecule has 2 saturated carbocycles. The lowest BCUT2D eigenvalue weighted by Crippen LogP contribution is -2.53. The van der Waals surface area contributed by atoms with Crippen LogP contribution in [0, 0.1) is 17.3 Å². The van der Waals surface area contributed by atoms with Crippen LogP contribution in [0.1, 0.15) is 51.9 Å². The van der Waals surface area contributed by atoms with Crippen molar-refractivity contribution in [3.05, 3.63) is 0 Å². The number of nitrogens with one attached hydrogen (secondary N) is 1. The van der Waals surface area contributed by atoms with Gasteiger partial charge >= 0.3 is 0 Å². The standard InChI is InChI=1S/C14H26N2O/c1-11-8-14(9-11,10-15)13(17)16-7-6-12-4-2-3-5-12/h11-12H,2-10,15H2,1H3,(H,16,17). The Bertz CT molecular complexity index is 265. The molecule has 2 aliphatic rings. The smallest absolute Gasteiger partial charge is 0.227 e. The Morgan fingerprint density at radius 2 is 2.00 bits per heavy atom. The first kappa shape index (κ1) is 12.9. The van der Waals surface area contributed by atoms with Gasteiger partial charge in [-0.3, -0.25) is 4.79 Å². The second-order valence-corrected chi connectivity index (χ2v) is 6.19. The van der Waals surface area contributed by atoms with Gasteiger partial charge in [0.15, 0.2) is 0 Å². The van der Waals surface area contributed by atoms with Crippen molar-refractivity contribution in [2.45, 2.75) is 51.9 Å². The zero-order valence-corrected chi connectivity index (χ0v) is 11.0. The molecule has 2 aliphatic carbocycles. The minimum Gasteiger partial charge on any atom is -0.356 e. The van der Waals surface area contributed by atoms with E-state index >= 15 is 0 Å². The van der Waals surface area contributed by atoms with E-state index < -0.39 is 0 Å². The van der Waals surface area contributed by atoms with E-state index in [0.717, 1.165) is 31.7 Å². The fraction of sp³-hybridized carbons (Fsp3) is 0.929. The van der Waals surface area contributed by atoms with Crippen LogP contribution in [0.25, 0.3) is 0 Å². The van der Waals surface area contributed by atoms with Crippen molar-refractivity contribution in [3.63, 3.8) is 0 Å². The third-order valence-corrected chi connectivity index (χ3v) is 4.66. The number of carbonyl (C=O) groups excluding carboxylic acids is 1. The minimum atomic E-state index is -0.227. The maximum atomic E-state index is 12.1. The summed E-state index contributed by atoms with van der Waals surface area (Å²) in [7, 11) is 0. The summed E-state index contributed by atoms with van der Waals surface area (Å²) < 4.78 is 0. The predicted octanol–water partition coefficient (Wildman–Crippen LogP) is 2.06. The van der Waals surface area contributed by atoms with Gasteiger partial charge in [0.2, 0.25) is 5.91 Å². The highest BCUT2D eigenvalue weighted by molar-refractivity contribution is 5.83. The molecule has 0 atom stereocenters. The van der Waals surface area contributed by atoms with Crippen LogP contribution in [0.2, 0.25) is 0 Å². The molecule has 0 aromatic heterocycles. The van der Waals surface area contributed by atoms with Gasteiger partial charge in [-0.25, -0.2) is 0 Å². The van der Waals surface area contributed by atoms with Crippen molar-refractivity contribution < 1.29 is 4.79 Å². The molecular formula is C14H26N2O. The van der Waals surface area contributed by atoms with Gasteiger partial charge in [0.1, 0.15) is 0 Å². The molecule has 3 nitrogen and oxygen atoms in total. The van der Waals surface area contributed by atoms with Gasteiger partial charge in [0, 0.05) is 13.1 Å². The van der Waals surface area contributed by atoms with Crippen molar-refractivity contribution in [1.29, 1.82) is 0 Å². The second kappa shape index (κ2) is 5.38. The molecule has 0 bridgehead atoms. The average Bonchev–Trinajstić information content (AvgIpc) is 2.77. The Hall–Kier alpha value is -0.570. The van der Waals surface area contributed by atoms with Gasteiger partial charge in [-0.15, -0.1) is 0 Å². The zero-order valence-electron chi connectivity index (χ0n) is 11.0. The third kappa shape index (κ3) is 2.82. The molecule has 2 fully saturated rings. The van der Waals surface area contributed by atoms with Crippen LogP contribution >= 0.6 is 0 Å². The molecule has 0 radical (unpaired) electrons. The van der Waals surface area contributed by atoms with Crippen LogP contribution in [-0.4, -0.2) is 19.0 Å². The second-order valence-electron chi connectivity index (χ2n) is 6.19. The van der Waals surface area contributed by atoms with E-state index in [0.29, 0.717) is 12.5 Å². The van der Waals surface area contributed by atoms with E-state index in [2.05, 4.69) is 12.2 Å². The summed E-state index contributed by atoms with van der Waals surface area (Å²) in [5.74, 6) is 1.72. The highest BCUT2D eigenvalue weighted by Gasteiger charge is 2.46. The largest absolute Gasteiger partial charge is 0.356 e. The number of carbonyl (C=O) groups is 1. The third-order valence-electron chi connectivity index (χ3n) is 4.66. The predicted molar refractivity (Wildman–Crippen MR) is 69.5 cm³/mol. The molecule has 0 aromatic carbocycles. The fourth-order valence-corrected chi connectivity index (χ4v) is 3.60. The molecule has 0 unspecified atom stereocenters. The van der Waals surface area contributed by atoms with Crippen LogP contribution < -0.4 is 11.1 Å². The summed E-state index contributed by atoms with van der Waals surface area (Å²) in [4.78, 5) is 12.1. The summed E-state index contributed by atoms with van der Waals surface area (Å²) in [6, 6.07) is 0. The molecule has 98 valence electrons. The van der Waals surface area contributed by atoms with Gasteiger partial charge in [0.05, 0.1) is 5.41 Å². The van der Waals surface area contributed by atoms with Crippen LogP contribution in [0.5, 0.6) is 0 Å². The zero-order chi connectivity index (χ0) is 12.3. The molecule has 0 aliphatic heterocycles. The first-order chi connectivity index (χ1) is 8.16. The summed E-state index contributed by atoms with van der Waals surface area (Å²) in [5, 5.41) is 3.10. The highest BCUT2D eigenvalue weighted by atomic mass is 16.2. The summed E-state index contributed by atoms with van der Waals surface area (Å²) in [5.41, 5.74) is 5.54. The van der Waals surface area contributed by atoms with Gasteiger partial charge in [-0.1, -0.05) is 32.6 Å². The Balaban J connectivity index is 1.69. The number of nitrogens with two attached hydrogens (primary N) is 1. The Morgan fingerprint density at radius 1 is 1.35 bits per heavy atom. The van der Waals surface area contributed by atoms with Crippen LogP contribution in [-0.2, 0) is 4.79 Å². The number of hydrogen-bond acceptors (Lipinski definition) is 2. The van der Waals surface area contributed by atoms with Gasteiger partial charge < -0.3 is 11.1 Å². The molecule has 0 heterocycles. The lowest BCUT2D eigenvalue weighted by molar-refractivity contribution is -0.138. The Morgan fingerprint density at radius 3 is 2.53 bits per heavy atom. The van der Waals surface area contributed by atoms with Crippen LogP contribution in [0.3, 0.4) is 0 Å². The topological polar surface area (TPSA) is 55.1 Å². The molecule has 0 aromatic rings. The van der Waals surface area contributed by atoms with Crippen molar-refractivity contribution in [2.75, 3.05) is 13.1 Å². The van der Waals surface area contributed by atoms with E-state index in [1.165, 1.54) is 25.7 Å². The number of hydrogen-bond donors (Lipinski definition) is 2. The molecular weight excluding hydrogens is 212 g/mol. The maximum Gasteiger partial charge on any atom is 0.227 e. The lowest BCUT2D eigenvalue weighted by Gasteiger charge is -2.44. The molecule has 3 heteroatoms. The first-order valence-corrected chi connectivity index (χ1v) is 7.15. The van der Waals surface area contributed by atoms with Gasteiger partial charge in [-0.2, -0.15) is 0 Å². The van der Waals surface area contributed by atoms with E-state index in [9.17, 15) is 4.79 Å². The number of rotatable bonds is 5. The molecule has 3 N–H and O–H groups in total. The number of amides is 1. The van der Waals surface area contributed by atoms with Crippen molar-refractivity contribution >= 4 is 5.91 Å². The van der Waals surface area contributed by atoms with E-state index in [4.69, 9.17) is 5.73 Å². The normalized spacial score (nSPS) is 33.4. The minimum absolute atomic E-state index is 0.205. The van der Waals surface area contributed by atoms with Crippen LogP contribution in [0.4, 0.5) is 0 Å². The highest BCUT2D eigenvalue weighted by Crippen LogP contribution is 2.44.